The molecule has 1 rings (SSSR count). The monoisotopic (exact) mass is 186 g/mol. The van der Waals surface area contributed by atoms with Crippen molar-refractivity contribution in [3.05, 3.63) is 34.4 Å². The molecule has 0 aromatic heterocycles. The first-order chi connectivity index (χ1) is 6.06. The van der Waals surface area contributed by atoms with E-state index in [0.717, 1.165) is 0 Å². The van der Waals surface area contributed by atoms with Crippen LogP contribution in [0.25, 0.3) is 0 Å². The SMILES string of the molecule is Cc1cc(C(F)F)c(C)cc1CO. The molecule has 3 heteroatoms. The summed E-state index contributed by atoms with van der Waals surface area (Å²) in [5, 5.41) is 8.88. The van der Waals surface area contributed by atoms with Gasteiger partial charge in [-0.3, -0.25) is 0 Å². The second kappa shape index (κ2) is 3.83. The van der Waals surface area contributed by atoms with Crippen LogP contribution in [-0.2, 0) is 6.61 Å². The molecule has 1 N–H and O–H groups in total. The van der Waals surface area contributed by atoms with Crippen molar-refractivity contribution in [3.63, 3.8) is 0 Å². The van der Waals surface area contributed by atoms with Gasteiger partial charge in [0.2, 0.25) is 0 Å². The molecule has 0 aliphatic heterocycles. The molecular weight excluding hydrogens is 174 g/mol. The maximum atomic E-state index is 12.4. The summed E-state index contributed by atoms with van der Waals surface area (Å²) in [6.45, 7) is 3.24. The molecule has 0 saturated heterocycles. The van der Waals surface area contributed by atoms with Gasteiger partial charge in [-0.2, -0.15) is 0 Å². The summed E-state index contributed by atoms with van der Waals surface area (Å²) in [6, 6.07) is 3.04. The Bertz CT molecular complexity index is 308. The van der Waals surface area contributed by atoms with Gasteiger partial charge in [0.15, 0.2) is 0 Å². The molecule has 0 amide bonds. The molecule has 1 aromatic rings. The van der Waals surface area contributed by atoms with Gasteiger partial charge in [-0.1, -0.05) is 6.07 Å². The van der Waals surface area contributed by atoms with E-state index in [2.05, 4.69) is 0 Å². The highest BCUT2D eigenvalue weighted by Crippen LogP contribution is 2.25. The molecule has 0 atom stereocenters. The molecule has 0 heterocycles. The Hall–Kier alpha value is -0.960. The van der Waals surface area contributed by atoms with Crippen LogP contribution in [0.3, 0.4) is 0 Å². The summed E-state index contributed by atoms with van der Waals surface area (Å²) in [7, 11) is 0. The number of halogens is 2. The van der Waals surface area contributed by atoms with Gasteiger partial charge in [0, 0.05) is 5.56 Å². The molecule has 13 heavy (non-hydrogen) atoms. The fourth-order valence-corrected chi connectivity index (χ4v) is 1.30. The first kappa shape index (κ1) is 10.1. The van der Waals surface area contributed by atoms with Crippen LogP contribution >= 0.6 is 0 Å². The van der Waals surface area contributed by atoms with Crippen LogP contribution in [0.2, 0.25) is 0 Å². The Morgan fingerprint density at radius 3 is 2.31 bits per heavy atom. The lowest BCUT2D eigenvalue weighted by atomic mass is 10.0. The number of aliphatic hydroxyl groups excluding tert-OH is 1. The maximum absolute atomic E-state index is 12.4. The maximum Gasteiger partial charge on any atom is 0.264 e. The van der Waals surface area contributed by atoms with Gasteiger partial charge in [0.1, 0.15) is 0 Å². The van der Waals surface area contributed by atoms with Gasteiger partial charge in [-0.25, -0.2) is 8.78 Å². The van der Waals surface area contributed by atoms with E-state index in [0.29, 0.717) is 16.7 Å². The van der Waals surface area contributed by atoms with Gasteiger partial charge in [-0.15, -0.1) is 0 Å². The average Bonchev–Trinajstić information content (AvgIpc) is 2.07. The van der Waals surface area contributed by atoms with Crippen molar-refractivity contribution in [1.29, 1.82) is 0 Å². The Balaban J connectivity index is 3.20. The van der Waals surface area contributed by atoms with Crippen molar-refractivity contribution in [2.24, 2.45) is 0 Å². The number of hydrogen-bond donors (Lipinski definition) is 1. The Morgan fingerprint density at radius 2 is 1.85 bits per heavy atom. The van der Waals surface area contributed by atoms with Crippen molar-refractivity contribution in [2.45, 2.75) is 26.9 Å². The molecular formula is C10H12F2O. The van der Waals surface area contributed by atoms with Gasteiger partial charge >= 0.3 is 0 Å². The fourth-order valence-electron chi connectivity index (χ4n) is 1.30. The number of aliphatic hydroxyl groups is 1. The lowest BCUT2D eigenvalue weighted by molar-refractivity contribution is 0.150. The van der Waals surface area contributed by atoms with Crippen molar-refractivity contribution in [1.82, 2.24) is 0 Å². The summed E-state index contributed by atoms with van der Waals surface area (Å²) in [4.78, 5) is 0. The zero-order chi connectivity index (χ0) is 10.0. The van der Waals surface area contributed by atoms with E-state index < -0.39 is 6.43 Å². The third kappa shape index (κ3) is 2.04. The van der Waals surface area contributed by atoms with E-state index in [1.165, 1.54) is 6.07 Å². The van der Waals surface area contributed by atoms with E-state index in [1.54, 1.807) is 19.9 Å². The minimum Gasteiger partial charge on any atom is -0.392 e. The summed E-state index contributed by atoms with van der Waals surface area (Å²) in [5.74, 6) is 0. The van der Waals surface area contributed by atoms with Crippen molar-refractivity contribution in [2.75, 3.05) is 0 Å². The summed E-state index contributed by atoms with van der Waals surface area (Å²) in [6.07, 6.45) is -2.44. The van der Waals surface area contributed by atoms with Crippen molar-refractivity contribution in [3.8, 4) is 0 Å². The highest BCUT2D eigenvalue weighted by molar-refractivity contribution is 5.37. The fraction of sp³-hybridized carbons (Fsp3) is 0.400. The lowest BCUT2D eigenvalue weighted by Gasteiger charge is -2.09. The summed E-state index contributed by atoms with van der Waals surface area (Å²) in [5.41, 5.74) is 2.00. The number of alkyl halides is 2. The Kier molecular flexibility index (Phi) is 2.98. The van der Waals surface area contributed by atoms with E-state index >= 15 is 0 Å². The Morgan fingerprint density at radius 1 is 1.23 bits per heavy atom. The normalized spacial score (nSPS) is 10.9. The van der Waals surface area contributed by atoms with Crippen molar-refractivity contribution < 1.29 is 13.9 Å². The van der Waals surface area contributed by atoms with Gasteiger partial charge in [0.05, 0.1) is 6.61 Å². The van der Waals surface area contributed by atoms with Crippen LogP contribution in [0.15, 0.2) is 12.1 Å². The van der Waals surface area contributed by atoms with Crippen LogP contribution < -0.4 is 0 Å². The van der Waals surface area contributed by atoms with Crippen LogP contribution in [0.1, 0.15) is 28.7 Å². The number of rotatable bonds is 2. The number of aryl methyl sites for hydroxylation is 2. The second-order valence-electron chi connectivity index (χ2n) is 3.09. The molecule has 0 spiro atoms. The van der Waals surface area contributed by atoms with Gasteiger partial charge < -0.3 is 5.11 Å². The first-order valence-corrected chi connectivity index (χ1v) is 4.05. The van der Waals surface area contributed by atoms with E-state index in [9.17, 15) is 8.78 Å². The third-order valence-electron chi connectivity index (χ3n) is 2.13. The van der Waals surface area contributed by atoms with Crippen LogP contribution in [0.5, 0.6) is 0 Å². The summed E-state index contributed by atoms with van der Waals surface area (Å²) >= 11 is 0. The van der Waals surface area contributed by atoms with Crippen molar-refractivity contribution >= 4 is 0 Å². The van der Waals surface area contributed by atoms with Crippen LogP contribution in [-0.4, -0.2) is 5.11 Å². The molecule has 0 bridgehead atoms. The quantitative estimate of drug-likeness (QED) is 0.752. The van der Waals surface area contributed by atoms with Crippen LogP contribution in [0, 0.1) is 13.8 Å². The van der Waals surface area contributed by atoms with Crippen LogP contribution in [0.4, 0.5) is 8.78 Å². The lowest BCUT2D eigenvalue weighted by Crippen LogP contribution is -1.96. The molecule has 0 radical (unpaired) electrons. The average molecular weight is 186 g/mol. The summed E-state index contributed by atoms with van der Waals surface area (Å²) < 4.78 is 24.8. The first-order valence-electron chi connectivity index (χ1n) is 4.05. The second-order valence-corrected chi connectivity index (χ2v) is 3.09. The minimum atomic E-state index is -2.44. The van der Waals surface area contributed by atoms with E-state index in [-0.39, 0.29) is 12.2 Å². The number of benzene rings is 1. The predicted octanol–water partition coefficient (Wildman–Crippen LogP) is 2.73. The highest BCUT2D eigenvalue weighted by Gasteiger charge is 2.12. The molecule has 72 valence electrons. The predicted molar refractivity (Wildman–Crippen MR) is 46.8 cm³/mol. The molecule has 0 aliphatic carbocycles. The van der Waals surface area contributed by atoms with E-state index in [4.69, 9.17) is 5.11 Å². The Labute approximate surface area is 76.0 Å². The molecule has 0 unspecified atom stereocenters. The zero-order valence-corrected chi connectivity index (χ0v) is 7.64. The molecule has 0 saturated carbocycles. The zero-order valence-electron chi connectivity index (χ0n) is 7.64. The minimum absolute atomic E-state index is 0.0506. The number of hydrogen-bond acceptors (Lipinski definition) is 1. The standard InChI is InChI=1S/C10H12F2O/c1-6-4-9(10(11)12)7(2)3-8(6)5-13/h3-4,10,13H,5H2,1-2H3. The molecule has 1 nitrogen and oxygen atoms in total. The van der Waals surface area contributed by atoms with Gasteiger partial charge in [0.25, 0.3) is 6.43 Å². The molecule has 1 aromatic carbocycles. The van der Waals surface area contributed by atoms with Gasteiger partial charge in [-0.05, 0) is 36.6 Å². The van der Waals surface area contributed by atoms with E-state index in [1.807, 2.05) is 0 Å². The topological polar surface area (TPSA) is 20.2 Å². The largest absolute Gasteiger partial charge is 0.392 e. The highest BCUT2D eigenvalue weighted by atomic mass is 19.3. The smallest absolute Gasteiger partial charge is 0.264 e. The molecule has 0 fully saturated rings. The third-order valence-corrected chi connectivity index (χ3v) is 2.13. The molecule has 0 aliphatic rings.